The Balaban J connectivity index is 2.79. The smallest absolute Gasteiger partial charge is 0.333 e. The molecule has 0 heterocycles. The predicted molar refractivity (Wildman–Crippen MR) is 78.8 cm³/mol. The van der Waals surface area contributed by atoms with Crippen molar-refractivity contribution in [2.75, 3.05) is 11.9 Å². The zero-order valence-corrected chi connectivity index (χ0v) is 12.2. The molecule has 0 amide bonds. The molecule has 0 bridgehead atoms. The molecule has 2 N–H and O–H groups in total. The number of hydrogen-bond donors (Lipinski definition) is 2. The molecular formula is C14H20N2O5. The zero-order valence-electron chi connectivity index (χ0n) is 12.2. The quantitative estimate of drug-likeness (QED) is 0.536. The number of rotatable bonds is 9. The average Bonchev–Trinajstić information content (AvgIpc) is 2.38. The fourth-order valence-electron chi connectivity index (χ4n) is 2.00. The number of nitro groups is 1. The maximum atomic E-state index is 11.2. The number of nitro benzene ring substituents is 1. The van der Waals surface area contributed by atoms with E-state index in [0.717, 1.165) is 0 Å². The molecule has 0 aliphatic rings. The monoisotopic (exact) mass is 296 g/mol. The summed E-state index contributed by atoms with van der Waals surface area (Å²) in [5.41, 5.74) is 0.290. The van der Waals surface area contributed by atoms with E-state index in [1.54, 1.807) is 25.1 Å². The Kier molecular flexibility index (Phi) is 6.45. The highest BCUT2D eigenvalue weighted by atomic mass is 16.6. The molecule has 0 saturated carbocycles. The standard InChI is InChI=1S/C14H20N2O5/c1-3-21-12-8-5-7-11(14(12)16(19)20)15-10(2)6-4-9-13(17)18/h5,7-8,10,15H,3-4,6,9H2,1-2H3,(H,17,18). The third-order valence-electron chi connectivity index (χ3n) is 2.91. The van der Waals surface area contributed by atoms with Gasteiger partial charge in [-0.2, -0.15) is 0 Å². The number of para-hydroxylation sites is 1. The van der Waals surface area contributed by atoms with E-state index < -0.39 is 10.9 Å². The van der Waals surface area contributed by atoms with E-state index in [2.05, 4.69) is 5.32 Å². The second-order valence-electron chi connectivity index (χ2n) is 4.67. The minimum atomic E-state index is -0.841. The van der Waals surface area contributed by atoms with Gasteiger partial charge in [-0.25, -0.2) is 0 Å². The van der Waals surface area contributed by atoms with E-state index in [1.807, 2.05) is 6.92 Å². The lowest BCUT2D eigenvalue weighted by Gasteiger charge is -2.16. The van der Waals surface area contributed by atoms with Gasteiger partial charge in [-0.1, -0.05) is 6.07 Å². The van der Waals surface area contributed by atoms with Crippen molar-refractivity contribution >= 4 is 17.3 Å². The van der Waals surface area contributed by atoms with Crippen molar-refractivity contribution in [3.8, 4) is 5.75 Å². The van der Waals surface area contributed by atoms with Crippen LogP contribution in [0.25, 0.3) is 0 Å². The molecule has 1 atom stereocenters. The summed E-state index contributed by atoms with van der Waals surface area (Å²) >= 11 is 0. The maximum Gasteiger partial charge on any atom is 0.333 e. The van der Waals surface area contributed by atoms with Gasteiger partial charge in [0.1, 0.15) is 5.69 Å². The van der Waals surface area contributed by atoms with Crippen LogP contribution in [0.5, 0.6) is 5.75 Å². The molecule has 0 spiro atoms. The number of anilines is 1. The van der Waals surface area contributed by atoms with Crippen molar-refractivity contribution in [2.24, 2.45) is 0 Å². The van der Waals surface area contributed by atoms with Crippen molar-refractivity contribution in [2.45, 2.75) is 39.2 Å². The minimum absolute atomic E-state index is 0.0695. The lowest BCUT2D eigenvalue weighted by Crippen LogP contribution is -2.16. The molecule has 7 heteroatoms. The Morgan fingerprint density at radius 2 is 2.24 bits per heavy atom. The fourth-order valence-corrected chi connectivity index (χ4v) is 2.00. The van der Waals surface area contributed by atoms with Crippen LogP contribution in [-0.4, -0.2) is 28.6 Å². The summed E-state index contributed by atoms with van der Waals surface area (Å²) in [5.74, 6) is -0.614. The molecule has 7 nitrogen and oxygen atoms in total. The van der Waals surface area contributed by atoms with Gasteiger partial charge in [0.05, 0.1) is 11.5 Å². The summed E-state index contributed by atoms with van der Waals surface area (Å²) < 4.78 is 5.27. The first kappa shape index (κ1) is 16.7. The van der Waals surface area contributed by atoms with Crippen molar-refractivity contribution in [1.29, 1.82) is 0 Å². The molecule has 0 aliphatic heterocycles. The summed E-state index contributed by atoms with van der Waals surface area (Å²) in [6, 6.07) is 4.79. The van der Waals surface area contributed by atoms with Gasteiger partial charge < -0.3 is 15.2 Å². The molecule has 1 unspecified atom stereocenters. The van der Waals surface area contributed by atoms with Crippen LogP contribution >= 0.6 is 0 Å². The summed E-state index contributed by atoms with van der Waals surface area (Å²) in [4.78, 5) is 21.2. The van der Waals surface area contributed by atoms with Gasteiger partial charge in [-0.05, 0) is 38.8 Å². The third-order valence-corrected chi connectivity index (χ3v) is 2.91. The first-order valence-electron chi connectivity index (χ1n) is 6.84. The minimum Gasteiger partial charge on any atom is -0.487 e. The lowest BCUT2D eigenvalue weighted by molar-refractivity contribution is -0.385. The summed E-state index contributed by atoms with van der Waals surface area (Å²) in [6.45, 7) is 3.97. The van der Waals surface area contributed by atoms with E-state index >= 15 is 0 Å². The Bertz CT molecular complexity index is 504. The number of carboxylic acids is 1. The van der Waals surface area contributed by atoms with E-state index in [0.29, 0.717) is 25.1 Å². The van der Waals surface area contributed by atoms with Crippen LogP contribution in [0.15, 0.2) is 18.2 Å². The molecule has 0 radical (unpaired) electrons. The number of benzene rings is 1. The van der Waals surface area contributed by atoms with Crippen LogP contribution in [0.1, 0.15) is 33.1 Å². The van der Waals surface area contributed by atoms with Crippen molar-refractivity contribution in [3.05, 3.63) is 28.3 Å². The van der Waals surface area contributed by atoms with Crippen molar-refractivity contribution in [1.82, 2.24) is 0 Å². The average molecular weight is 296 g/mol. The van der Waals surface area contributed by atoms with Crippen LogP contribution in [0.4, 0.5) is 11.4 Å². The number of hydrogen-bond acceptors (Lipinski definition) is 5. The molecule has 0 aliphatic carbocycles. The number of aliphatic carboxylic acids is 1. The summed E-state index contributed by atoms with van der Waals surface area (Å²) in [7, 11) is 0. The molecule has 0 fully saturated rings. The van der Waals surface area contributed by atoms with Gasteiger partial charge in [-0.15, -0.1) is 0 Å². The van der Waals surface area contributed by atoms with Gasteiger partial charge in [0.15, 0.2) is 5.75 Å². The molecular weight excluding hydrogens is 276 g/mol. The molecule has 0 saturated heterocycles. The highest BCUT2D eigenvalue weighted by molar-refractivity contribution is 5.69. The largest absolute Gasteiger partial charge is 0.487 e. The number of nitrogens with zero attached hydrogens (tertiary/aromatic N) is 1. The Labute approximate surface area is 123 Å². The van der Waals surface area contributed by atoms with Crippen molar-refractivity contribution in [3.63, 3.8) is 0 Å². The SMILES string of the molecule is CCOc1cccc(NC(C)CCCC(=O)O)c1[N+](=O)[O-]. The second-order valence-corrected chi connectivity index (χ2v) is 4.67. The van der Waals surface area contributed by atoms with Gasteiger partial charge in [0, 0.05) is 12.5 Å². The highest BCUT2D eigenvalue weighted by Crippen LogP contribution is 2.35. The molecule has 1 rings (SSSR count). The lowest BCUT2D eigenvalue weighted by atomic mass is 10.1. The van der Waals surface area contributed by atoms with E-state index in [4.69, 9.17) is 9.84 Å². The van der Waals surface area contributed by atoms with Crippen LogP contribution in [-0.2, 0) is 4.79 Å². The Hall–Kier alpha value is -2.31. The number of nitrogens with one attached hydrogen (secondary N) is 1. The second kappa shape index (κ2) is 8.08. The number of carboxylic acid groups (broad SMARTS) is 1. The van der Waals surface area contributed by atoms with Crippen LogP contribution < -0.4 is 10.1 Å². The van der Waals surface area contributed by atoms with Crippen LogP contribution in [0.3, 0.4) is 0 Å². The van der Waals surface area contributed by atoms with Gasteiger partial charge in [-0.3, -0.25) is 14.9 Å². The number of carbonyl (C=O) groups is 1. The first-order valence-corrected chi connectivity index (χ1v) is 6.84. The first-order chi connectivity index (χ1) is 9.95. The summed E-state index contributed by atoms with van der Waals surface area (Å²) in [6.07, 6.45) is 1.22. The zero-order chi connectivity index (χ0) is 15.8. The summed E-state index contributed by atoms with van der Waals surface area (Å²) in [5, 5.41) is 22.9. The van der Waals surface area contributed by atoms with Gasteiger partial charge in [0.2, 0.25) is 0 Å². The Morgan fingerprint density at radius 1 is 1.52 bits per heavy atom. The molecule has 116 valence electrons. The van der Waals surface area contributed by atoms with Crippen LogP contribution in [0, 0.1) is 10.1 Å². The number of ether oxygens (including phenoxy) is 1. The van der Waals surface area contributed by atoms with Crippen LogP contribution in [0.2, 0.25) is 0 Å². The van der Waals surface area contributed by atoms with Gasteiger partial charge >= 0.3 is 11.7 Å². The normalized spacial score (nSPS) is 11.7. The topological polar surface area (TPSA) is 102 Å². The van der Waals surface area contributed by atoms with E-state index in [9.17, 15) is 14.9 Å². The molecule has 1 aromatic rings. The van der Waals surface area contributed by atoms with Gasteiger partial charge in [0.25, 0.3) is 0 Å². The Morgan fingerprint density at radius 3 is 2.81 bits per heavy atom. The predicted octanol–water partition coefficient (Wildman–Crippen LogP) is 3.05. The maximum absolute atomic E-state index is 11.2. The van der Waals surface area contributed by atoms with Crippen molar-refractivity contribution < 1.29 is 19.6 Å². The molecule has 0 aromatic heterocycles. The molecule has 21 heavy (non-hydrogen) atoms. The highest BCUT2D eigenvalue weighted by Gasteiger charge is 2.21. The van der Waals surface area contributed by atoms with E-state index in [1.165, 1.54) is 0 Å². The third kappa shape index (κ3) is 5.29. The molecule has 1 aromatic carbocycles. The fraction of sp³-hybridized carbons (Fsp3) is 0.500. The van der Waals surface area contributed by atoms with E-state index in [-0.39, 0.29) is 23.9 Å².